The molecule has 0 unspecified atom stereocenters. The minimum Gasteiger partial charge on any atom is -0.508 e. The highest BCUT2D eigenvalue weighted by Crippen LogP contribution is 2.20. The van der Waals surface area contributed by atoms with E-state index >= 15 is 0 Å². The van der Waals surface area contributed by atoms with E-state index in [0.717, 1.165) is 5.56 Å². The number of hydrogen-bond donors (Lipinski definition) is 1. The number of benzene rings is 1. The zero-order chi connectivity index (χ0) is 11.1. The Labute approximate surface area is 87.2 Å². The van der Waals surface area contributed by atoms with E-state index in [-0.39, 0.29) is 0 Å². The Morgan fingerprint density at radius 1 is 1.21 bits per heavy atom. The van der Waals surface area contributed by atoms with Crippen LogP contribution in [0, 0.1) is 0 Å². The van der Waals surface area contributed by atoms with Gasteiger partial charge in [-0.2, -0.15) is 0 Å². The first-order valence-electron chi connectivity index (χ1n) is 5.06. The number of hydrogen-bond acceptors (Lipinski definition) is 2. The molecule has 0 saturated carbocycles. The van der Waals surface area contributed by atoms with Crippen LogP contribution in [0.5, 0.6) is 5.75 Å². The Balaban J connectivity index is 0.000000791. The maximum Gasteiger partial charge on any atom is 0.115 e. The van der Waals surface area contributed by atoms with Gasteiger partial charge in [0.05, 0.1) is 0 Å². The molecule has 1 aromatic rings. The van der Waals surface area contributed by atoms with Gasteiger partial charge >= 0.3 is 0 Å². The lowest BCUT2D eigenvalue weighted by Gasteiger charge is -2.19. The molecule has 0 heterocycles. The molecule has 0 saturated heterocycles. The van der Waals surface area contributed by atoms with Crippen LogP contribution in [0.25, 0.3) is 0 Å². The summed E-state index contributed by atoms with van der Waals surface area (Å²) in [7, 11) is 4.05. The fraction of sp³-hybridized carbons (Fsp3) is 0.500. The van der Waals surface area contributed by atoms with E-state index in [1.165, 1.54) is 0 Å². The third-order valence-corrected chi connectivity index (χ3v) is 2.13. The highest BCUT2D eigenvalue weighted by molar-refractivity contribution is 5.28. The van der Waals surface area contributed by atoms with Gasteiger partial charge in [0.15, 0.2) is 0 Å². The molecule has 0 spiro atoms. The molecular weight excluding hydrogens is 174 g/mol. The van der Waals surface area contributed by atoms with Crippen molar-refractivity contribution in [3.63, 3.8) is 0 Å². The normalized spacial score (nSPS) is 11.9. The van der Waals surface area contributed by atoms with E-state index in [9.17, 15) is 5.11 Å². The third-order valence-electron chi connectivity index (χ3n) is 2.13. The quantitative estimate of drug-likeness (QED) is 0.784. The molecule has 1 aromatic carbocycles. The molecule has 2 heteroatoms. The SMILES string of the molecule is CC.C[C@@H](c1cccc(O)c1)N(C)C. The lowest BCUT2D eigenvalue weighted by Crippen LogP contribution is -2.16. The summed E-state index contributed by atoms with van der Waals surface area (Å²) in [6, 6.07) is 7.71. The Kier molecular flexibility index (Phi) is 5.97. The fourth-order valence-electron chi connectivity index (χ4n) is 1.08. The van der Waals surface area contributed by atoms with Crippen LogP contribution in [-0.2, 0) is 0 Å². The van der Waals surface area contributed by atoms with Gasteiger partial charge in [-0.1, -0.05) is 26.0 Å². The van der Waals surface area contributed by atoms with Crippen molar-refractivity contribution in [3.8, 4) is 5.75 Å². The molecule has 80 valence electrons. The zero-order valence-electron chi connectivity index (χ0n) is 9.78. The van der Waals surface area contributed by atoms with Crippen LogP contribution in [0.4, 0.5) is 0 Å². The van der Waals surface area contributed by atoms with Crippen LogP contribution >= 0.6 is 0 Å². The average molecular weight is 195 g/mol. The highest BCUT2D eigenvalue weighted by atomic mass is 16.3. The van der Waals surface area contributed by atoms with E-state index in [4.69, 9.17) is 0 Å². The predicted octanol–water partition coefficient (Wildman–Crippen LogP) is 3.04. The lowest BCUT2D eigenvalue weighted by atomic mass is 10.1. The summed E-state index contributed by atoms with van der Waals surface area (Å²) in [4.78, 5) is 2.11. The first-order valence-corrected chi connectivity index (χ1v) is 5.06. The van der Waals surface area contributed by atoms with Crippen LogP contribution in [0.3, 0.4) is 0 Å². The van der Waals surface area contributed by atoms with Gasteiger partial charge in [-0.15, -0.1) is 0 Å². The van der Waals surface area contributed by atoms with E-state index in [1.807, 2.05) is 40.1 Å². The van der Waals surface area contributed by atoms with E-state index in [1.54, 1.807) is 12.1 Å². The second kappa shape index (κ2) is 6.44. The second-order valence-electron chi connectivity index (χ2n) is 3.23. The fourth-order valence-corrected chi connectivity index (χ4v) is 1.08. The second-order valence-corrected chi connectivity index (χ2v) is 3.23. The first-order chi connectivity index (χ1) is 6.61. The minimum absolute atomic E-state index is 0.334. The molecule has 2 nitrogen and oxygen atoms in total. The van der Waals surface area contributed by atoms with Crippen molar-refractivity contribution in [2.75, 3.05) is 14.1 Å². The third kappa shape index (κ3) is 3.79. The van der Waals surface area contributed by atoms with Crippen molar-refractivity contribution in [2.24, 2.45) is 0 Å². The molecule has 0 aliphatic rings. The van der Waals surface area contributed by atoms with Crippen LogP contribution in [-0.4, -0.2) is 24.1 Å². The van der Waals surface area contributed by atoms with Crippen LogP contribution in [0.1, 0.15) is 32.4 Å². The topological polar surface area (TPSA) is 23.5 Å². The maximum atomic E-state index is 9.23. The van der Waals surface area contributed by atoms with Crippen molar-refractivity contribution in [1.29, 1.82) is 0 Å². The molecular formula is C12H21NO. The summed E-state index contributed by atoms with van der Waals surface area (Å²) >= 11 is 0. The molecule has 0 aliphatic carbocycles. The summed E-state index contributed by atoms with van der Waals surface area (Å²) in [6.45, 7) is 6.11. The Hall–Kier alpha value is -1.02. The van der Waals surface area contributed by atoms with Crippen molar-refractivity contribution in [1.82, 2.24) is 4.90 Å². The van der Waals surface area contributed by atoms with Gasteiger partial charge in [-0.3, -0.25) is 0 Å². The van der Waals surface area contributed by atoms with Crippen molar-refractivity contribution in [2.45, 2.75) is 26.8 Å². The largest absolute Gasteiger partial charge is 0.508 e. The van der Waals surface area contributed by atoms with E-state index in [0.29, 0.717) is 11.8 Å². The number of phenolic OH excluding ortho intramolecular Hbond substituents is 1. The molecule has 0 aromatic heterocycles. The summed E-state index contributed by atoms with van der Waals surface area (Å²) in [5.74, 6) is 0.334. The monoisotopic (exact) mass is 195 g/mol. The average Bonchev–Trinajstić information content (AvgIpc) is 2.19. The molecule has 0 fully saturated rings. The number of nitrogens with zero attached hydrogens (tertiary/aromatic N) is 1. The highest BCUT2D eigenvalue weighted by Gasteiger charge is 2.06. The Morgan fingerprint density at radius 2 is 1.79 bits per heavy atom. The van der Waals surface area contributed by atoms with Crippen LogP contribution in [0.15, 0.2) is 24.3 Å². The molecule has 0 amide bonds. The number of aromatic hydroxyl groups is 1. The molecule has 14 heavy (non-hydrogen) atoms. The molecule has 1 N–H and O–H groups in total. The van der Waals surface area contributed by atoms with Gasteiger partial charge in [-0.05, 0) is 38.7 Å². The zero-order valence-corrected chi connectivity index (χ0v) is 9.78. The minimum atomic E-state index is 0.334. The van der Waals surface area contributed by atoms with E-state index < -0.39 is 0 Å². The molecule has 0 radical (unpaired) electrons. The molecule has 1 rings (SSSR count). The van der Waals surface area contributed by atoms with Gasteiger partial charge in [0.25, 0.3) is 0 Å². The summed E-state index contributed by atoms with van der Waals surface area (Å²) in [5.41, 5.74) is 1.14. The Bertz CT molecular complexity index is 258. The van der Waals surface area contributed by atoms with Crippen LogP contribution in [0.2, 0.25) is 0 Å². The summed E-state index contributed by atoms with van der Waals surface area (Å²) in [5, 5.41) is 9.23. The van der Waals surface area contributed by atoms with Gasteiger partial charge < -0.3 is 10.0 Å². The summed E-state index contributed by atoms with van der Waals surface area (Å²) in [6.07, 6.45) is 0. The van der Waals surface area contributed by atoms with Gasteiger partial charge in [0.2, 0.25) is 0 Å². The summed E-state index contributed by atoms with van der Waals surface area (Å²) < 4.78 is 0. The number of phenols is 1. The molecule has 1 atom stereocenters. The standard InChI is InChI=1S/C10H15NO.C2H6/c1-8(11(2)3)9-5-4-6-10(12)7-9;1-2/h4-8,12H,1-3H3;1-2H3/t8-;/m0./s1. The van der Waals surface area contributed by atoms with Gasteiger partial charge in [-0.25, -0.2) is 0 Å². The smallest absolute Gasteiger partial charge is 0.115 e. The van der Waals surface area contributed by atoms with Crippen molar-refractivity contribution < 1.29 is 5.11 Å². The molecule has 0 bridgehead atoms. The van der Waals surface area contributed by atoms with Crippen molar-refractivity contribution in [3.05, 3.63) is 29.8 Å². The van der Waals surface area contributed by atoms with Gasteiger partial charge in [0.1, 0.15) is 5.75 Å². The van der Waals surface area contributed by atoms with Crippen molar-refractivity contribution >= 4 is 0 Å². The predicted molar refractivity (Wildman–Crippen MR) is 61.6 cm³/mol. The molecule has 0 aliphatic heterocycles. The van der Waals surface area contributed by atoms with E-state index in [2.05, 4.69) is 11.8 Å². The van der Waals surface area contributed by atoms with Crippen LogP contribution < -0.4 is 0 Å². The number of rotatable bonds is 2. The Morgan fingerprint density at radius 3 is 2.21 bits per heavy atom. The van der Waals surface area contributed by atoms with Gasteiger partial charge in [0, 0.05) is 6.04 Å². The lowest BCUT2D eigenvalue weighted by molar-refractivity contribution is 0.320. The first kappa shape index (κ1) is 13.0. The maximum absolute atomic E-state index is 9.23.